The normalized spacial score (nSPS) is 10.6. The second-order valence-electron chi connectivity index (χ2n) is 3.87. The van der Waals surface area contributed by atoms with E-state index in [2.05, 4.69) is 21.2 Å². The topological polar surface area (TPSA) is 55.2 Å². The third-order valence-electron chi connectivity index (χ3n) is 2.46. The zero-order chi connectivity index (χ0) is 13.8. The predicted octanol–water partition coefficient (Wildman–Crippen LogP) is 3.85. The zero-order valence-corrected chi connectivity index (χ0v) is 12.1. The fourth-order valence-corrected chi connectivity index (χ4v) is 3.07. The first-order valence-electron chi connectivity index (χ1n) is 5.42. The molecule has 0 aliphatic rings. The smallest absolute Gasteiger partial charge is 0.272 e. The minimum Gasteiger partial charge on any atom is -0.308 e. The molecule has 0 bridgehead atoms. The summed E-state index contributed by atoms with van der Waals surface area (Å²) in [7, 11) is 0. The molecule has 0 aliphatic carbocycles. The van der Waals surface area contributed by atoms with Crippen LogP contribution in [0.3, 0.4) is 0 Å². The lowest BCUT2D eigenvalue weighted by Gasteiger charge is -2.04. The van der Waals surface area contributed by atoms with Gasteiger partial charge in [-0.3, -0.25) is 10.1 Å². The number of nitrogens with one attached hydrogen (secondary N) is 1. The van der Waals surface area contributed by atoms with Gasteiger partial charge in [0.1, 0.15) is 5.82 Å². The van der Waals surface area contributed by atoms with Crippen LogP contribution in [0.15, 0.2) is 34.1 Å². The Balaban J connectivity index is 2.00. The summed E-state index contributed by atoms with van der Waals surface area (Å²) in [6.07, 6.45) is 0. The second-order valence-corrected chi connectivity index (χ2v) is 5.73. The Bertz CT molecular complexity index is 603. The van der Waals surface area contributed by atoms with E-state index in [4.69, 9.17) is 0 Å². The van der Waals surface area contributed by atoms with Crippen molar-refractivity contribution in [3.05, 3.63) is 60.5 Å². The van der Waals surface area contributed by atoms with Gasteiger partial charge >= 0.3 is 0 Å². The maximum Gasteiger partial charge on any atom is 0.272 e. The summed E-state index contributed by atoms with van der Waals surface area (Å²) in [4.78, 5) is 11.2. The summed E-state index contributed by atoms with van der Waals surface area (Å²) in [5.41, 5.74) is 0.327. The first-order chi connectivity index (χ1) is 9.06. The molecule has 0 atom stereocenters. The molecule has 0 saturated heterocycles. The molecule has 0 aliphatic heterocycles. The molecular weight excluding hydrogens is 335 g/mol. The predicted molar refractivity (Wildman–Crippen MR) is 75.6 cm³/mol. The molecule has 19 heavy (non-hydrogen) atoms. The highest BCUT2D eigenvalue weighted by Gasteiger charge is 2.09. The van der Waals surface area contributed by atoms with Crippen LogP contribution in [0.1, 0.15) is 10.4 Å². The van der Waals surface area contributed by atoms with Crippen molar-refractivity contribution in [1.29, 1.82) is 0 Å². The van der Waals surface area contributed by atoms with Crippen LogP contribution in [-0.4, -0.2) is 4.92 Å². The zero-order valence-electron chi connectivity index (χ0n) is 9.73. The SMILES string of the molecule is O=[N+]([O-])c1cc(F)cc(CNCc2sccc2Br)c1. The third kappa shape index (κ3) is 3.82. The number of thiophene rings is 1. The molecule has 0 unspecified atom stereocenters. The average molecular weight is 345 g/mol. The first kappa shape index (κ1) is 14.1. The summed E-state index contributed by atoms with van der Waals surface area (Å²) < 4.78 is 14.2. The molecule has 0 amide bonds. The third-order valence-corrected chi connectivity index (χ3v) is 4.39. The lowest BCUT2D eigenvalue weighted by Crippen LogP contribution is -2.12. The Hall–Kier alpha value is -1.31. The van der Waals surface area contributed by atoms with Crippen molar-refractivity contribution in [2.45, 2.75) is 13.1 Å². The Morgan fingerprint density at radius 1 is 1.37 bits per heavy atom. The number of hydrogen-bond acceptors (Lipinski definition) is 4. The molecule has 1 N–H and O–H groups in total. The van der Waals surface area contributed by atoms with Crippen molar-refractivity contribution in [3.8, 4) is 0 Å². The van der Waals surface area contributed by atoms with Crippen LogP contribution in [0.25, 0.3) is 0 Å². The van der Waals surface area contributed by atoms with Gasteiger partial charge in [-0.2, -0.15) is 0 Å². The van der Waals surface area contributed by atoms with Crippen LogP contribution in [0.5, 0.6) is 0 Å². The molecule has 2 rings (SSSR count). The molecule has 1 heterocycles. The lowest BCUT2D eigenvalue weighted by atomic mass is 10.2. The van der Waals surface area contributed by atoms with Crippen LogP contribution in [0, 0.1) is 15.9 Å². The van der Waals surface area contributed by atoms with Crippen molar-refractivity contribution >= 4 is 33.0 Å². The van der Waals surface area contributed by atoms with Crippen molar-refractivity contribution in [2.75, 3.05) is 0 Å². The maximum absolute atomic E-state index is 13.2. The number of rotatable bonds is 5. The fourth-order valence-electron chi connectivity index (χ4n) is 1.61. The molecule has 0 radical (unpaired) electrons. The molecule has 0 saturated carbocycles. The highest BCUT2D eigenvalue weighted by atomic mass is 79.9. The molecule has 0 spiro atoms. The van der Waals surface area contributed by atoms with Gasteiger partial charge in [0, 0.05) is 28.5 Å². The molecular formula is C12H10BrFN2O2S. The van der Waals surface area contributed by atoms with Gasteiger partial charge in [0.15, 0.2) is 0 Å². The van der Waals surface area contributed by atoms with Gasteiger partial charge in [0.2, 0.25) is 0 Å². The summed E-state index contributed by atoms with van der Waals surface area (Å²) in [5.74, 6) is -0.594. The maximum atomic E-state index is 13.2. The molecule has 7 heteroatoms. The van der Waals surface area contributed by atoms with E-state index in [0.29, 0.717) is 18.7 Å². The first-order valence-corrected chi connectivity index (χ1v) is 7.10. The highest BCUT2D eigenvalue weighted by Crippen LogP contribution is 2.22. The molecule has 100 valence electrons. The Morgan fingerprint density at radius 3 is 2.79 bits per heavy atom. The van der Waals surface area contributed by atoms with Gasteiger partial charge < -0.3 is 5.32 Å². The Morgan fingerprint density at radius 2 is 2.16 bits per heavy atom. The van der Waals surface area contributed by atoms with Crippen molar-refractivity contribution in [3.63, 3.8) is 0 Å². The van der Waals surface area contributed by atoms with Gasteiger partial charge in [-0.25, -0.2) is 4.39 Å². The van der Waals surface area contributed by atoms with Gasteiger partial charge in [-0.1, -0.05) is 0 Å². The quantitative estimate of drug-likeness (QED) is 0.662. The molecule has 1 aromatic carbocycles. The number of non-ortho nitro benzene ring substituents is 1. The van der Waals surface area contributed by atoms with E-state index < -0.39 is 10.7 Å². The minimum atomic E-state index is -0.595. The van der Waals surface area contributed by atoms with Gasteiger partial charge in [-0.05, 0) is 39.0 Å². The van der Waals surface area contributed by atoms with Crippen LogP contribution < -0.4 is 5.32 Å². The highest BCUT2D eigenvalue weighted by molar-refractivity contribution is 9.10. The molecule has 0 fully saturated rings. The van der Waals surface area contributed by atoms with Crippen LogP contribution in [0.2, 0.25) is 0 Å². The van der Waals surface area contributed by atoms with Crippen molar-refractivity contribution < 1.29 is 9.31 Å². The van der Waals surface area contributed by atoms with E-state index >= 15 is 0 Å². The van der Waals surface area contributed by atoms with E-state index in [-0.39, 0.29) is 5.69 Å². The van der Waals surface area contributed by atoms with Crippen molar-refractivity contribution in [1.82, 2.24) is 5.32 Å². The molecule has 2 aromatic rings. The van der Waals surface area contributed by atoms with E-state index in [1.165, 1.54) is 12.1 Å². The van der Waals surface area contributed by atoms with E-state index in [1.54, 1.807) is 11.3 Å². The Labute approximate surface area is 121 Å². The van der Waals surface area contributed by atoms with Crippen LogP contribution in [0.4, 0.5) is 10.1 Å². The summed E-state index contributed by atoms with van der Waals surface area (Å²) in [6.45, 7) is 1.01. The van der Waals surface area contributed by atoms with E-state index in [1.807, 2.05) is 11.4 Å². The summed E-state index contributed by atoms with van der Waals surface area (Å²) >= 11 is 5.02. The Kier molecular flexibility index (Phi) is 4.62. The van der Waals surface area contributed by atoms with Gasteiger partial charge in [0.25, 0.3) is 5.69 Å². The number of halogens is 2. The number of nitro benzene ring substituents is 1. The molecule has 1 aromatic heterocycles. The van der Waals surface area contributed by atoms with Crippen LogP contribution >= 0.6 is 27.3 Å². The van der Waals surface area contributed by atoms with E-state index in [0.717, 1.165) is 15.4 Å². The standard InChI is InChI=1S/C12H10BrFN2O2S/c13-11-1-2-19-12(11)7-15-6-8-3-9(14)5-10(4-8)16(17)18/h1-5,15H,6-7H2. The second kappa shape index (κ2) is 6.23. The average Bonchev–Trinajstić information content (AvgIpc) is 2.74. The van der Waals surface area contributed by atoms with E-state index in [9.17, 15) is 14.5 Å². The monoisotopic (exact) mass is 344 g/mol. The number of benzene rings is 1. The number of hydrogen-bond donors (Lipinski definition) is 1. The minimum absolute atomic E-state index is 0.228. The lowest BCUT2D eigenvalue weighted by molar-refractivity contribution is -0.385. The number of nitro groups is 1. The molecule has 4 nitrogen and oxygen atoms in total. The fraction of sp³-hybridized carbons (Fsp3) is 0.167. The van der Waals surface area contributed by atoms with Gasteiger partial charge in [-0.15, -0.1) is 11.3 Å². The summed E-state index contributed by atoms with van der Waals surface area (Å²) in [5, 5.41) is 15.7. The summed E-state index contributed by atoms with van der Waals surface area (Å²) in [6, 6.07) is 5.54. The number of nitrogens with zero attached hydrogens (tertiary/aromatic N) is 1. The van der Waals surface area contributed by atoms with Gasteiger partial charge in [0.05, 0.1) is 11.0 Å². The van der Waals surface area contributed by atoms with Crippen molar-refractivity contribution in [2.24, 2.45) is 0 Å². The van der Waals surface area contributed by atoms with Crippen LogP contribution in [-0.2, 0) is 13.1 Å². The largest absolute Gasteiger partial charge is 0.308 e.